The minimum atomic E-state index is -0.545. The molecule has 3 heterocycles. The van der Waals surface area contributed by atoms with Gasteiger partial charge >= 0.3 is 6.03 Å². The van der Waals surface area contributed by atoms with E-state index in [2.05, 4.69) is 6.58 Å². The molecule has 7 heteroatoms. The number of guanidine groups is 1. The van der Waals surface area contributed by atoms with Gasteiger partial charge < -0.3 is 9.80 Å². The highest BCUT2D eigenvalue weighted by molar-refractivity contribution is 6.10. The fourth-order valence-corrected chi connectivity index (χ4v) is 3.76. The standard InChI is InChI=1S/C19H21N5O2/c1-5-10-22-17(25)15-16(21(4)19(22)26)20-18-23(15)11-13(3)24(18)14-9-7-6-8-12(14)2/h5-9,11,15-16H,1,10H2,2-4H3. The van der Waals surface area contributed by atoms with Gasteiger partial charge in [-0.05, 0) is 25.5 Å². The molecule has 0 aromatic heterocycles. The second-order valence-corrected chi connectivity index (χ2v) is 6.72. The Morgan fingerprint density at radius 2 is 1.96 bits per heavy atom. The van der Waals surface area contributed by atoms with Crippen molar-refractivity contribution in [2.24, 2.45) is 4.99 Å². The summed E-state index contributed by atoms with van der Waals surface area (Å²) in [4.78, 5) is 36.9. The first-order valence-corrected chi connectivity index (χ1v) is 8.55. The summed E-state index contributed by atoms with van der Waals surface area (Å²) in [7, 11) is 1.68. The van der Waals surface area contributed by atoms with E-state index in [0.29, 0.717) is 5.96 Å². The van der Waals surface area contributed by atoms with Crippen molar-refractivity contribution in [1.82, 2.24) is 14.7 Å². The lowest BCUT2D eigenvalue weighted by molar-refractivity contribution is -0.136. The SMILES string of the molecule is C=CCN1C(=O)C2C(N=C3N(c4ccccc4C)C(C)=CN32)N(C)C1=O. The van der Waals surface area contributed by atoms with Crippen molar-refractivity contribution in [3.05, 3.63) is 54.4 Å². The van der Waals surface area contributed by atoms with Crippen LogP contribution in [0.1, 0.15) is 12.5 Å². The second kappa shape index (κ2) is 5.72. The number of benzene rings is 1. The van der Waals surface area contributed by atoms with Gasteiger partial charge in [-0.15, -0.1) is 6.58 Å². The number of carbonyl (C=O) groups is 2. The van der Waals surface area contributed by atoms with Crippen LogP contribution in [-0.4, -0.2) is 58.4 Å². The van der Waals surface area contributed by atoms with E-state index < -0.39 is 12.2 Å². The van der Waals surface area contributed by atoms with Gasteiger partial charge in [-0.2, -0.15) is 0 Å². The molecular weight excluding hydrogens is 330 g/mol. The Kier molecular flexibility index (Phi) is 3.61. The minimum Gasteiger partial charge on any atom is -0.302 e. The van der Waals surface area contributed by atoms with Crippen LogP contribution in [0.25, 0.3) is 0 Å². The van der Waals surface area contributed by atoms with Gasteiger partial charge in [-0.25, -0.2) is 9.79 Å². The molecule has 0 spiro atoms. The highest BCUT2D eigenvalue weighted by atomic mass is 16.2. The molecule has 1 aromatic rings. The third kappa shape index (κ3) is 2.09. The number of fused-ring (bicyclic) bond motifs is 3. The van der Waals surface area contributed by atoms with Gasteiger partial charge in [0.1, 0.15) is 0 Å². The van der Waals surface area contributed by atoms with Crippen molar-refractivity contribution in [3.8, 4) is 0 Å². The van der Waals surface area contributed by atoms with Gasteiger partial charge in [0.05, 0.1) is 5.69 Å². The highest BCUT2D eigenvalue weighted by Crippen LogP contribution is 2.37. The number of anilines is 1. The van der Waals surface area contributed by atoms with E-state index in [4.69, 9.17) is 4.99 Å². The molecule has 26 heavy (non-hydrogen) atoms. The van der Waals surface area contributed by atoms with E-state index in [0.717, 1.165) is 16.9 Å². The predicted molar refractivity (Wildman–Crippen MR) is 99.3 cm³/mol. The van der Waals surface area contributed by atoms with Crippen LogP contribution in [0.4, 0.5) is 10.5 Å². The van der Waals surface area contributed by atoms with Crippen molar-refractivity contribution < 1.29 is 9.59 Å². The molecule has 3 aliphatic heterocycles. The molecule has 1 fully saturated rings. The zero-order valence-corrected chi connectivity index (χ0v) is 15.1. The number of rotatable bonds is 3. The maximum atomic E-state index is 13.0. The third-order valence-electron chi connectivity index (χ3n) is 5.06. The van der Waals surface area contributed by atoms with Crippen molar-refractivity contribution in [3.63, 3.8) is 0 Å². The van der Waals surface area contributed by atoms with Gasteiger partial charge in [-0.3, -0.25) is 14.6 Å². The van der Waals surface area contributed by atoms with E-state index in [-0.39, 0.29) is 18.5 Å². The monoisotopic (exact) mass is 351 g/mol. The van der Waals surface area contributed by atoms with Crippen molar-refractivity contribution in [1.29, 1.82) is 0 Å². The molecule has 3 aliphatic rings. The average molecular weight is 351 g/mol. The van der Waals surface area contributed by atoms with Gasteiger partial charge in [0.15, 0.2) is 12.2 Å². The Morgan fingerprint density at radius 1 is 1.23 bits per heavy atom. The zero-order chi connectivity index (χ0) is 18.6. The summed E-state index contributed by atoms with van der Waals surface area (Å²) >= 11 is 0. The Balaban J connectivity index is 1.76. The van der Waals surface area contributed by atoms with Crippen molar-refractivity contribution in [2.75, 3.05) is 18.5 Å². The number of hydrogen-bond acceptors (Lipinski definition) is 5. The molecule has 1 saturated heterocycles. The molecule has 1 aromatic carbocycles. The smallest absolute Gasteiger partial charge is 0.302 e. The molecule has 7 nitrogen and oxygen atoms in total. The highest BCUT2D eigenvalue weighted by Gasteiger charge is 2.54. The molecular formula is C19H21N5O2. The number of allylic oxidation sites excluding steroid dienone is 1. The first kappa shape index (κ1) is 16.4. The molecule has 134 valence electrons. The molecule has 0 radical (unpaired) electrons. The number of carbonyl (C=O) groups excluding carboxylic acids is 2. The number of para-hydroxylation sites is 1. The number of nitrogens with zero attached hydrogens (tertiary/aromatic N) is 5. The largest absolute Gasteiger partial charge is 0.328 e. The van der Waals surface area contributed by atoms with E-state index in [1.165, 1.54) is 9.80 Å². The fourth-order valence-electron chi connectivity index (χ4n) is 3.76. The number of aliphatic imine (C=N–C) groups is 1. The number of hydrogen-bond donors (Lipinski definition) is 0. The lowest BCUT2D eigenvalue weighted by Crippen LogP contribution is -2.64. The Labute approximate surface area is 152 Å². The Morgan fingerprint density at radius 3 is 2.65 bits per heavy atom. The quantitative estimate of drug-likeness (QED) is 0.783. The van der Waals surface area contributed by atoms with Crippen LogP contribution in [0.3, 0.4) is 0 Å². The number of aryl methyl sites for hydroxylation is 1. The summed E-state index contributed by atoms with van der Waals surface area (Å²) in [5, 5.41) is 0. The topological polar surface area (TPSA) is 59.5 Å². The van der Waals surface area contributed by atoms with Crippen LogP contribution in [-0.2, 0) is 4.79 Å². The van der Waals surface area contributed by atoms with E-state index >= 15 is 0 Å². The van der Waals surface area contributed by atoms with Gasteiger partial charge in [0.2, 0.25) is 5.96 Å². The molecule has 0 saturated carbocycles. The lowest BCUT2D eigenvalue weighted by atomic mass is 10.1. The third-order valence-corrected chi connectivity index (χ3v) is 5.06. The van der Waals surface area contributed by atoms with Crippen molar-refractivity contribution >= 4 is 23.6 Å². The number of imide groups is 1. The summed E-state index contributed by atoms with van der Waals surface area (Å²) in [6, 6.07) is 7.15. The fraction of sp³-hybridized carbons (Fsp3) is 0.316. The van der Waals surface area contributed by atoms with Crippen LogP contribution >= 0.6 is 0 Å². The molecule has 2 unspecified atom stereocenters. The first-order valence-electron chi connectivity index (χ1n) is 8.55. The van der Waals surface area contributed by atoms with Crippen LogP contribution < -0.4 is 4.90 Å². The summed E-state index contributed by atoms with van der Waals surface area (Å²) in [6.07, 6.45) is 2.97. The van der Waals surface area contributed by atoms with Crippen LogP contribution in [0.2, 0.25) is 0 Å². The second-order valence-electron chi connectivity index (χ2n) is 6.72. The maximum Gasteiger partial charge on any atom is 0.328 e. The zero-order valence-electron chi connectivity index (χ0n) is 15.1. The van der Waals surface area contributed by atoms with Crippen LogP contribution in [0.15, 0.2) is 53.8 Å². The summed E-state index contributed by atoms with van der Waals surface area (Å²) < 4.78 is 0. The van der Waals surface area contributed by atoms with Gasteiger partial charge in [-0.1, -0.05) is 24.3 Å². The summed E-state index contributed by atoms with van der Waals surface area (Å²) in [5.74, 6) is 0.438. The molecule has 0 N–H and O–H groups in total. The number of urea groups is 1. The summed E-state index contributed by atoms with van der Waals surface area (Å²) in [5.41, 5.74) is 3.12. The first-order chi connectivity index (χ1) is 12.5. The predicted octanol–water partition coefficient (Wildman–Crippen LogP) is 2.12. The minimum absolute atomic E-state index is 0.193. The molecule has 0 aliphatic carbocycles. The van der Waals surface area contributed by atoms with Gasteiger partial charge in [0, 0.05) is 25.5 Å². The maximum absolute atomic E-state index is 13.0. The lowest BCUT2D eigenvalue weighted by Gasteiger charge is -2.39. The van der Waals surface area contributed by atoms with Crippen LogP contribution in [0.5, 0.6) is 0 Å². The molecule has 4 rings (SSSR count). The average Bonchev–Trinajstić information content (AvgIpc) is 3.12. The number of likely N-dealkylation sites (N-methyl/N-ethyl adjacent to an activating group) is 1. The van der Waals surface area contributed by atoms with E-state index in [1.54, 1.807) is 13.1 Å². The summed E-state index contributed by atoms with van der Waals surface area (Å²) in [6.45, 7) is 7.87. The van der Waals surface area contributed by atoms with Crippen LogP contribution in [0, 0.1) is 6.92 Å². The Hall–Kier alpha value is -3.09. The molecule has 2 atom stereocenters. The Bertz CT molecular complexity index is 874. The van der Waals surface area contributed by atoms with Crippen molar-refractivity contribution in [2.45, 2.75) is 26.1 Å². The van der Waals surface area contributed by atoms with E-state index in [1.807, 2.05) is 54.1 Å². The molecule has 0 bridgehead atoms. The number of amides is 3. The van der Waals surface area contributed by atoms with E-state index in [9.17, 15) is 9.59 Å². The molecule has 3 amide bonds. The normalized spacial score (nSPS) is 24.6. The van der Waals surface area contributed by atoms with Gasteiger partial charge in [0.25, 0.3) is 5.91 Å².